The van der Waals surface area contributed by atoms with Gasteiger partial charge in [0, 0.05) is 5.02 Å². The number of benzene rings is 2. The van der Waals surface area contributed by atoms with Gasteiger partial charge in [-0.2, -0.15) is 0 Å². The number of halogens is 2. The number of nitrogens with zero attached hydrogens (tertiary/aromatic N) is 1. The molecule has 0 radical (unpaired) electrons. The molecular weight excluding hydrogens is 431 g/mol. The van der Waals surface area contributed by atoms with Crippen LogP contribution in [0.3, 0.4) is 0 Å². The van der Waals surface area contributed by atoms with Gasteiger partial charge in [0.1, 0.15) is 11.3 Å². The molecule has 1 atom stereocenters. The second-order valence-corrected chi connectivity index (χ2v) is 7.69. The van der Waals surface area contributed by atoms with E-state index in [0.29, 0.717) is 27.0 Å². The van der Waals surface area contributed by atoms with E-state index in [4.69, 9.17) is 40.2 Å². The van der Waals surface area contributed by atoms with Crippen molar-refractivity contribution in [1.29, 1.82) is 0 Å². The Morgan fingerprint density at radius 3 is 2.48 bits per heavy atom. The van der Waals surface area contributed by atoms with Gasteiger partial charge >= 0.3 is 0 Å². The highest BCUT2D eigenvalue weighted by Crippen LogP contribution is 2.29. The molecule has 2 aromatic rings. The van der Waals surface area contributed by atoms with E-state index in [-0.39, 0.29) is 16.8 Å². The summed E-state index contributed by atoms with van der Waals surface area (Å²) in [7, 11) is 0. The summed E-state index contributed by atoms with van der Waals surface area (Å²) in [6, 6.07) is 11.7. The quantitative estimate of drug-likeness (QED) is 0.397. The van der Waals surface area contributed by atoms with Gasteiger partial charge in [0.25, 0.3) is 11.8 Å². The maximum Gasteiger partial charge on any atom is 0.270 e. The second-order valence-electron chi connectivity index (χ2n) is 6.46. The summed E-state index contributed by atoms with van der Waals surface area (Å²) >= 11 is 17.4. The summed E-state index contributed by atoms with van der Waals surface area (Å²) in [5.74, 6) is -0.551. The highest BCUT2D eigenvalue weighted by atomic mass is 35.5. The Balaban J connectivity index is 1.92. The number of hydrogen-bond acceptors (Lipinski definition) is 4. The lowest BCUT2D eigenvalue weighted by Crippen LogP contribution is -2.54. The molecule has 5 nitrogen and oxygen atoms in total. The van der Waals surface area contributed by atoms with Gasteiger partial charge < -0.3 is 4.74 Å². The van der Waals surface area contributed by atoms with E-state index in [0.717, 1.165) is 6.42 Å². The average molecular weight is 449 g/mol. The Labute approximate surface area is 184 Å². The summed E-state index contributed by atoms with van der Waals surface area (Å²) in [6.45, 7) is 3.97. The number of carbonyl (C=O) groups is 2. The van der Waals surface area contributed by atoms with Crippen LogP contribution < -0.4 is 15.0 Å². The summed E-state index contributed by atoms with van der Waals surface area (Å²) in [5.41, 5.74) is 1.04. The van der Waals surface area contributed by atoms with Gasteiger partial charge in [-0.25, -0.2) is 0 Å². The lowest BCUT2D eigenvalue weighted by molar-refractivity contribution is -0.122. The molecule has 3 rings (SSSR count). The topological polar surface area (TPSA) is 58.6 Å². The van der Waals surface area contributed by atoms with Gasteiger partial charge in [0.2, 0.25) is 0 Å². The first-order valence-electron chi connectivity index (χ1n) is 8.93. The van der Waals surface area contributed by atoms with Crippen LogP contribution in [0, 0.1) is 0 Å². The summed E-state index contributed by atoms with van der Waals surface area (Å²) in [5, 5.41) is 3.47. The van der Waals surface area contributed by atoms with Gasteiger partial charge in [0.15, 0.2) is 5.11 Å². The first-order valence-corrected chi connectivity index (χ1v) is 10.1. The van der Waals surface area contributed by atoms with Crippen molar-refractivity contribution >= 4 is 64.1 Å². The SMILES string of the molecule is CC[C@H](C)Oc1ccc(/C=C2\C(=O)NC(=S)N(c3ccc(Cl)cc3)C2=O)cc1Cl. The standard InChI is InChI=1S/C21H18Cl2N2O3S/c1-3-12(2)28-18-9-4-13(11-17(18)23)10-16-19(26)24-21(29)25(20(16)27)15-7-5-14(22)6-8-15/h4-12H,3H2,1-2H3,(H,24,26,29)/b16-10+/t12-/m0/s1. The minimum absolute atomic E-state index is 0.00908. The third kappa shape index (κ3) is 4.78. The van der Waals surface area contributed by atoms with Gasteiger partial charge in [-0.15, -0.1) is 0 Å². The lowest BCUT2D eigenvalue weighted by Gasteiger charge is -2.29. The molecule has 29 heavy (non-hydrogen) atoms. The molecule has 8 heteroatoms. The van der Waals surface area contributed by atoms with Crippen LogP contribution >= 0.6 is 35.4 Å². The van der Waals surface area contributed by atoms with Crippen molar-refractivity contribution in [2.75, 3.05) is 4.90 Å². The fourth-order valence-corrected chi connectivity index (χ4v) is 3.29. The van der Waals surface area contributed by atoms with Crippen LogP contribution in [0.5, 0.6) is 5.75 Å². The molecule has 1 fully saturated rings. The number of hydrogen-bond donors (Lipinski definition) is 1. The van der Waals surface area contributed by atoms with Crippen molar-refractivity contribution in [3.05, 3.63) is 63.6 Å². The molecule has 1 aliphatic heterocycles. The van der Waals surface area contributed by atoms with Gasteiger partial charge in [0.05, 0.1) is 16.8 Å². The van der Waals surface area contributed by atoms with Crippen LogP contribution in [0.25, 0.3) is 6.08 Å². The summed E-state index contributed by atoms with van der Waals surface area (Å²) in [6.07, 6.45) is 2.34. The molecule has 0 bridgehead atoms. The Bertz CT molecular complexity index is 1010. The molecule has 0 aromatic heterocycles. The molecule has 0 unspecified atom stereocenters. The molecule has 1 N–H and O–H groups in total. The highest BCUT2D eigenvalue weighted by Gasteiger charge is 2.34. The fourth-order valence-electron chi connectivity index (χ4n) is 2.65. The third-order valence-corrected chi connectivity index (χ3v) is 5.19. The second kappa shape index (κ2) is 8.95. The average Bonchev–Trinajstić information content (AvgIpc) is 2.68. The molecule has 1 aliphatic rings. The molecule has 0 aliphatic carbocycles. The van der Waals surface area contributed by atoms with E-state index in [9.17, 15) is 9.59 Å². The number of carbonyl (C=O) groups excluding carboxylic acids is 2. The van der Waals surface area contributed by atoms with E-state index in [1.54, 1.807) is 42.5 Å². The molecule has 2 amide bonds. The van der Waals surface area contributed by atoms with Crippen LogP contribution in [0.1, 0.15) is 25.8 Å². The first-order chi connectivity index (χ1) is 13.8. The number of anilines is 1. The minimum Gasteiger partial charge on any atom is -0.489 e. The minimum atomic E-state index is -0.568. The van der Waals surface area contributed by atoms with Crippen molar-refractivity contribution < 1.29 is 14.3 Å². The Hall–Kier alpha value is -2.41. The van der Waals surface area contributed by atoms with Crippen molar-refractivity contribution in [3.63, 3.8) is 0 Å². The van der Waals surface area contributed by atoms with E-state index >= 15 is 0 Å². The van der Waals surface area contributed by atoms with Crippen LogP contribution in [0.15, 0.2) is 48.0 Å². The molecule has 1 saturated heterocycles. The zero-order valence-corrected chi connectivity index (χ0v) is 18.1. The third-order valence-electron chi connectivity index (χ3n) is 4.36. The van der Waals surface area contributed by atoms with Gasteiger partial charge in [-0.1, -0.05) is 36.2 Å². The zero-order chi connectivity index (χ0) is 21.1. The summed E-state index contributed by atoms with van der Waals surface area (Å²) in [4.78, 5) is 26.6. The number of nitrogens with one attached hydrogen (secondary N) is 1. The predicted octanol–water partition coefficient (Wildman–Crippen LogP) is 5.00. The highest BCUT2D eigenvalue weighted by molar-refractivity contribution is 7.80. The molecule has 1 heterocycles. The van der Waals surface area contributed by atoms with Crippen LogP contribution in [-0.4, -0.2) is 23.0 Å². The van der Waals surface area contributed by atoms with E-state index in [1.807, 2.05) is 13.8 Å². The molecular formula is C21H18Cl2N2O3S. The molecule has 2 aromatic carbocycles. The predicted molar refractivity (Wildman–Crippen MR) is 119 cm³/mol. The molecule has 0 saturated carbocycles. The van der Waals surface area contributed by atoms with Crippen molar-refractivity contribution in [2.45, 2.75) is 26.4 Å². The maximum atomic E-state index is 13.0. The molecule has 0 spiro atoms. The van der Waals surface area contributed by atoms with E-state index in [2.05, 4.69) is 5.32 Å². The maximum absolute atomic E-state index is 13.0. The van der Waals surface area contributed by atoms with E-state index in [1.165, 1.54) is 11.0 Å². The van der Waals surface area contributed by atoms with Crippen LogP contribution in [0.4, 0.5) is 5.69 Å². The van der Waals surface area contributed by atoms with Crippen LogP contribution in [0.2, 0.25) is 10.0 Å². The van der Waals surface area contributed by atoms with E-state index < -0.39 is 11.8 Å². The van der Waals surface area contributed by atoms with Gasteiger partial charge in [-0.05, 0) is 73.6 Å². The number of rotatable bonds is 5. The smallest absolute Gasteiger partial charge is 0.270 e. The first kappa shape index (κ1) is 21.3. The Morgan fingerprint density at radius 2 is 1.86 bits per heavy atom. The Kier molecular flexibility index (Phi) is 6.57. The Morgan fingerprint density at radius 1 is 1.17 bits per heavy atom. The van der Waals surface area contributed by atoms with Crippen molar-refractivity contribution in [3.8, 4) is 5.75 Å². The number of amides is 2. The largest absolute Gasteiger partial charge is 0.489 e. The normalized spacial score (nSPS) is 16.8. The fraction of sp³-hybridized carbons (Fsp3) is 0.190. The summed E-state index contributed by atoms with van der Waals surface area (Å²) < 4.78 is 5.75. The van der Waals surface area contributed by atoms with Crippen molar-refractivity contribution in [1.82, 2.24) is 5.32 Å². The van der Waals surface area contributed by atoms with Crippen LogP contribution in [-0.2, 0) is 9.59 Å². The number of thiocarbonyl (C=S) groups is 1. The number of ether oxygens (including phenoxy) is 1. The zero-order valence-electron chi connectivity index (χ0n) is 15.7. The van der Waals surface area contributed by atoms with Crippen molar-refractivity contribution in [2.24, 2.45) is 0 Å². The van der Waals surface area contributed by atoms with Gasteiger partial charge in [-0.3, -0.25) is 19.8 Å². The monoisotopic (exact) mass is 448 g/mol. The lowest BCUT2D eigenvalue weighted by atomic mass is 10.1. The molecule has 150 valence electrons.